The molecule has 0 spiro atoms. The molecule has 2 rings (SSSR count). The van der Waals surface area contributed by atoms with E-state index in [1.54, 1.807) is 0 Å². The smallest absolute Gasteiger partial charge is 0.257 e. The van der Waals surface area contributed by atoms with Crippen LogP contribution in [0.4, 0.5) is 0 Å². The Hall–Kier alpha value is -2.05. The molecule has 0 unspecified atom stereocenters. The van der Waals surface area contributed by atoms with Crippen LogP contribution >= 0.6 is 0 Å². The summed E-state index contributed by atoms with van der Waals surface area (Å²) in [6.45, 7) is 4.36. The van der Waals surface area contributed by atoms with Crippen LogP contribution in [-0.2, 0) is 4.12 Å². The molecule has 21 heavy (non-hydrogen) atoms. The lowest BCUT2D eigenvalue weighted by Gasteiger charge is -2.23. The number of hydrogen-bond donors (Lipinski definition) is 0. The molecular formula is C18H16OSi2. The second-order valence-corrected chi connectivity index (χ2v) is 10.4. The molecule has 0 N–H and O–H groups in total. The maximum atomic E-state index is 6.23. The van der Waals surface area contributed by atoms with Gasteiger partial charge < -0.3 is 4.12 Å². The largest absolute Gasteiger partial charge is 0.449 e. The predicted molar refractivity (Wildman–Crippen MR) is 92.3 cm³/mol. The minimum Gasteiger partial charge on any atom is -0.449 e. The van der Waals surface area contributed by atoms with Gasteiger partial charge in [0, 0.05) is 11.1 Å². The summed E-state index contributed by atoms with van der Waals surface area (Å²) >= 11 is 0. The van der Waals surface area contributed by atoms with Gasteiger partial charge in [-0.2, -0.15) is 0 Å². The summed E-state index contributed by atoms with van der Waals surface area (Å²) in [6.07, 6.45) is 10.9. The zero-order valence-corrected chi connectivity index (χ0v) is 14.2. The lowest BCUT2D eigenvalue weighted by molar-refractivity contribution is 0.616. The highest BCUT2D eigenvalue weighted by atomic mass is 28.4. The zero-order chi connectivity index (χ0) is 15.3. The first-order valence-electron chi connectivity index (χ1n) is 6.63. The fourth-order valence-electron chi connectivity index (χ4n) is 1.90. The molecule has 0 bridgehead atoms. The van der Waals surface area contributed by atoms with Crippen LogP contribution in [0.25, 0.3) is 0 Å². The number of hydrogen-bond acceptors (Lipinski definition) is 1. The van der Waals surface area contributed by atoms with E-state index in [2.05, 4.69) is 37.1 Å². The summed E-state index contributed by atoms with van der Waals surface area (Å²) in [5.41, 5.74) is 1.78. The summed E-state index contributed by atoms with van der Waals surface area (Å²) in [5.74, 6) is 5.32. The molecule has 0 saturated carbocycles. The maximum absolute atomic E-state index is 6.23. The Balaban J connectivity index is 2.13. The molecule has 0 saturated heterocycles. The van der Waals surface area contributed by atoms with E-state index in [1.807, 2.05) is 36.4 Å². The van der Waals surface area contributed by atoms with Crippen molar-refractivity contribution in [2.45, 2.75) is 13.1 Å². The minimum atomic E-state index is -1.97. The summed E-state index contributed by atoms with van der Waals surface area (Å²) in [4.78, 5) is 0. The molecule has 0 atom stereocenters. The van der Waals surface area contributed by atoms with Gasteiger partial charge in [0.15, 0.2) is 0 Å². The molecule has 2 aromatic carbocycles. The highest BCUT2D eigenvalue weighted by Crippen LogP contribution is 2.06. The molecule has 0 heterocycles. The molecule has 0 aliphatic rings. The van der Waals surface area contributed by atoms with Crippen molar-refractivity contribution in [1.82, 2.24) is 0 Å². The van der Waals surface area contributed by atoms with E-state index < -0.39 is 8.32 Å². The molecule has 0 aliphatic heterocycles. The van der Waals surface area contributed by atoms with Crippen molar-refractivity contribution >= 4 is 28.5 Å². The van der Waals surface area contributed by atoms with E-state index in [1.165, 1.54) is 5.19 Å². The van der Waals surface area contributed by atoms with Gasteiger partial charge in [-0.25, -0.2) is 0 Å². The quantitative estimate of drug-likeness (QED) is 0.620. The van der Waals surface area contributed by atoms with E-state index in [9.17, 15) is 0 Å². The number of terminal acetylenes is 2. The average Bonchev–Trinajstić information content (AvgIpc) is 2.53. The molecular weight excluding hydrogens is 288 g/mol. The van der Waals surface area contributed by atoms with Crippen molar-refractivity contribution in [2.24, 2.45) is 0 Å². The molecule has 2 radical (unpaired) electrons. The lowest BCUT2D eigenvalue weighted by Crippen LogP contribution is -2.47. The van der Waals surface area contributed by atoms with E-state index in [4.69, 9.17) is 17.0 Å². The van der Waals surface area contributed by atoms with Crippen LogP contribution < -0.4 is 10.4 Å². The summed E-state index contributed by atoms with van der Waals surface area (Å²) < 4.78 is 6.23. The average molecular weight is 304 g/mol. The SMILES string of the molecule is C#Cc1cccc([Si]O[Si](C)(C)c2cccc(C#C)c2)c1. The van der Waals surface area contributed by atoms with Gasteiger partial charge in [0.2, 0.25) is 8.32 Å². The Bertz CT molecular complexity index is 720. The summed E-state index contributed by atoms with van der Waals surface area (Å²) in [6, 6.07) is 16.0. The van der Waals surface area contributed by atoms with Gasteiger partial charge in [-0.05, 0) is 47.7 Å². The fraction of sp³-hybridized carbons (Fsp3) is 0.111. The van der Waals surface area contributed by atoms with Gasteiger partial charge in [-0.15, -0.1) is 12.8 Å². The topological polar surface area (TPSA) is 9.23 Å². The molecule has 3 heteroatoms. The van der Waals surface area contributed by atoms with Crippen molar-refractivity contribution in [3.8, 4) is 24.7 Å². The number of benzene rings is 2. The van der Waals surface area contributed by atoms with Crippen LogP contribution in [0.3, 0.4) is 0 Å². The molecule has 1 nitrogen and oxygen atoms in total. The number of rotatable bonds is 4. The Morgan fingerprint density at radius 1 is 0.952 bits per heavy atom. The Morgan fingerprint density at radius 2 is 1.57 bits per heavy atom. The molecule has 0 fully saturated rings. The first kappa shape index (κ1) is 15.3. The molecule has 0 amide bonds. The molecule has 102 valence electrons. The maximum Gasteiger partial charge on any atom is 0.257 e. The Morgan fingerprint density at radius 3 is 2.24 bits per heavy atom. The minimum absolute atomic E-state index is 0.293. The van der Waals surface area contributed by atoms with Crippen molar-refractivity contribution in [3.63, 3.8) is 0 Å². The third-order valence-electron chi connectivity index (χ3n) is 3.18. The van der Waals surface area contributed by atoms with Gasteiger partial charge in [0.25, 0.3) is 9.76 Å². The van der Waals surface area contributed by atoms with E-state index in [-0.39, 0.29) is 0 Å². The second-order valence-electron chi connectivity index (χ2n) is 5.16. The zero-order valence-electron chi connectivity index (χ0n) is 12.2. The third kappa shape index (κ3) is 3.96. The first-order chi connectivity index (χ1) is 10.0. The van der Waals surface area contributed by atoms with Crippen molar-refractivity contribution in [1.29, 1.82) is 0 Å². The van der Waals surface area contributed by atoms with Gasteiger partial charge >= 0.3 is 0 Å². The Kier molecular flexibility index (Phi) is 4.83. The van der Waals surface area contributed by atoms with Crippen LogP contribution in [-0.4, -0.2) is 18.1 Å². The highest BCUT2D eigenvalue weighted by Gasteiger charge is 2.25. The summed E-state index contributed by atoms with van der Waals surface area (Å²) in [7, 11) is -1.68. The van der Waals surface area contributed by atoms with Crippen LogP contribution in [0.15, 0.2) is 48.5 Å². The Labute approximate surface area is 130 Å². The standard InChI is InChI=1S/C18H16OSi2/c1-5-15-9-7-11-17(13-15)20-19-21(3,4)18-12-8-10-16(6-2)14-18/h1-2,7-14H,3-4H3. The predicted octanol–water partition coefficient (Wildman–Crippen LogP) is 2.02. The molecule has 2 aromatic rings. The van der Waals surface area contributed by atoms with Crippen molar-refractivity contribution < 1.29 is 4.12 Å². The first-order valence-corrected chi connectivity index (χ1v) is 10.4. The lowest BCUT2D eigenvalue weighted by atomic mass is 10.2. The third-order valence-corrected chi connectivity index (χ3v) is 7.88. The normalized spacial score (nSPS) is 10.7. The van der Waals surface area contributed by atoms with Gasteiger partial charge in [0.05, 0.1) is 0 Å². The monoisotopic (exact) mass is 304 g/mol. The van der Waals surface area contributed by atoms with E-state index in [0.29, 0.717) is 9.76 Å². The van der Waals surface area contributed by atoms with Crippen LogP contribution in [0.2, 0.25) is 13.1 Å². The van der Waals surface area contributed by atoms with Gasteiger partial charge in [-0.3, -0.25) is 0 Å². The fourth-order valence-corrected chi connectivity index (χ4v) is 5.24. The van der Waals surface area contributed by atoms with Crippen LogP contribution in [0.1, 0.15) is 11.1 Å². The second kappa shape index (κ2) is 6.60. The summed E-state index contributed by atoms with van der Waals surface area (Å²) in [5, 5.41) is 2.33. The van der Waals surface area contributed by atoms with E-state index >= 15 is 0 Å². The van der Waals surface area contributed by atoms with E-state index in [0.717, 1.165) is 16.3 Å². The van der Waals surface area contributed by atoms with Crippen LogP contribution in [0, 0.1) is 24.7 Å². The molecule has 0 aliphatic carbocycles. The highest BCUT2D eigenvalue weighted by molar-refractivity contribution is 6.88. The van der Waals surface area contributed by atoms with Crippen molar-refractivity contribution in [3.05, 3.63) is 59.7 Å². The van der Waals surface area contributed by atoms with Crippen molar-refractivity contribution in [2.75, 3.05) is 0 Å². The van der Waals surface area contributed by atoms with Gasteiger partial charge in [0.1, 0.15) is 0 Å². The van der Waals surface area contributed by atoms with Crippen LogP contribution in [0.5, 0.6) is 0 Å². The van der Waals surface area contributed by atoms with Gasteiger partial charge in [-0.1, -0.05) is 36.1 Å². The molecule has 0 aromatic heterocycles.